The first kappa shape index (κ1) is 14.0. The lowest BCUT2D eigenvalue weighted by Gasteiger charge is -2.26. The van der Waals surface area contributed by atoms with E-state index in [-0.39, 0.29) is 6.42 Å². The van der Waals surface area contributed by atoms with Crippen LogP contribution >= 0.6 is 15.9 Å². The summed E-state index contributed by atoms with van der Waals surface area (Å²) in [6.07, 6.45) is 6.37. The van der Waals surface area contributed by atoms with Crippen molar-refractivity contribution in [1.29, 1.82) is 0 Å². The van der Waals surface area contributed by atoms with E-state index in [1.807, 2.05) is 6.92 Å². The third-order valence-corrected chi connectivity index (χ3v) is 4.03. The molecule has 2 aromatic rings. The van der Waals surface area contributed by atoms with Crippen LogP contribution in [-0.4, -0.2) is 10.4 Å². The van der Waals surface area contributed by atoms with Crippen molar-refractivity contribution in [2.45, 2.75) is 18.9 Å². The fourth-order valence-electron chi connectivity index (χ4n) is 1.88. The second kappa shape index (κ2) is 5.67. The van der Waals surface area contributed by atoms with Crippen LogP contribution in [0.15, 0.2) is 57.3 Å². The molecule has 0 amide bonds. The Morgan fingerprint density at radius 3 is 2.16 bits per heavy atom. The first-order valence-corrected chi connectivity index (χ1v) is 6.98. The summed E-state index contributed by atoms with van der Waals surface area (Å²) in [4.78, 5) is 0. The Morgan fingerprint density at radius 1 is 1.26 bits per heavy atom. The van der Waals surface area contributed by atoms with E-state index in [0.29, 0.717) is 22.2 Å². The largest absolute Gasteiger partial charge is 0.472 e. The molecule has 5 heteroatoms. The van der Waals surface area contributed by atoms with Gasteiger partial charge in [-0.2, -0.15) is 0 Å². The molecule has 0 bridgehead atoms. The highest BCUT2D eigenvalue weighted by Crippen LogP contribution is 2.35. The van der Waals surface area contributed by atoms with Crippen molar-refractivity contribution in [3.63, 3.8) is 0 Å². The second-order valence-electron chi connectivity index (χ2n) is 4.50. The van der Waals surface area contributed by atoms with Crippen molar-refractivity contribution >= 4 is 15.9 Å². The topological polar surface area (TPSA) is 72.5 Å². The van der Waals surface area contributed by atoms with Crippen LogP contribution < -0.4 is 5.73 Å². The maximum atomic E-state index is 11.0. The number of rotatable bonds is 5. The van der Waals surface area contributed by atoms with E-state index in [2.05, 4.69) is 15.9 Å². The van der Waals surface area contributed by atoms with Crippen LogP contribution in [0.1, 0.15) is 24.5 Å². The van der Waals surface area contributed by atoms with E-state index in [0.717, 1.165) is 5.57 Å². The monoisotopic (exact) mass is 325 g/mol. The molecule has 2 rings (SSSR count). The molecule has 2 heterocycles. The Labute approximate surface area is 120 Å². The minimum absolute atomic E-state index is 0.281. The van der Waals surface area contributed by atoms with E-state index in [9.17, 15) is 5.11 Å². The summed E-state index contributed by atoms with van der Waals surface area (Å²) in [5.41, 5.74) is 7.75. The number of halogens is 1. The smallest absolute Gasteiger partial charge is 0.126 e. The van der Waals surface area contributed by atoms with Gasteiger partial charge in [0.25, 0.3) is 0 Å². The third kappa shape index (κ3) is 2.77. The van der Waals surface area contributed by atoms with Gasteiger partial charge in [0.2, 0.25) is 0 Å². The van der Waals surface area contributed by atoms with Gasteiger partial charge in [-0.15, -0.1) is 0 Å². The average Bonchev–Trinajstić information content (AvgIpc) is 3.09. The summed E-state index contributed by atoms with van der Waals surface area (Å²) in [6, 6.07) is 3.45. The summed E-state index contributed by atoms with van der Waals surface area (Å²) in [5, 5.41) is 11.7. The number of hydrogen-bond acceptors (Lipinski definition) is 4. The molecular weight excluding hydrogens is 310 g/mol. The summed E-state index contributed by atoms with van der Waals surface area (Å²) < 4.78 is 10.1. The molecule has 4 nitrogen and oxygen atoms in total. The lowest BCUT2D eigenvalue weighted by molar-refractivity contribution is 0.0791. The van der Waals surface area contributed by atoms with Crippen molar-refractivity contribution in [2.75, 3.05) is 5.33 Å². The fraction of sp³-hybridized carbons (Fsp3) is 0.286. The molecule has 0 aliphatic rings. The fourth-order valence-corrected chi connectivity index (χ4v) is 2.24. The highest BCUT2D eigenvalue weighted by Gasteiger charge is 2.34. The molecule has 0 saturated carbocycles. The molecule has 0 aromatic carbocycles. The van der Waals surface area contributed by atoms with Gasteiger partial charge in [0.05, 0.1) is 25.1 Å². The molecule has 0 unspecified atom stereocenters. The van der Waals surface area contributed by atoms with Crippen molar-refractivity contribution < 1.29 is 13.9 Å². The van der Waals surface area contributed by atoms with E-state index in [1.165, 1.54) is 25.1 Å². The van der Waals surface area contributed by atoms with Gasteiger partial charge in [-0.25, -0.2) is 0 Å². The van der Waals surface area contributed by atoms with Crippen LogP contribution in [0.5, 0.6) is 0 Å². The van der Waals surface area contributed by atoms with Gasteiger partial charge in [0.1, 0.15) is 5.60 Å². The zero-order chi connectivity index (χ0) is 13.9. The van der Waals surface area contributed by atoms with E-state index in [4.69, 9.17) is 14.6 Å². The highest BCUT2D eigenvalue weighted by molar-refractivity contribution is 9.09. The van der Waals surface area contributed by atoms with E-state index < -0.39 is 5.60 Å². The van der Waals surface area contributed by atoms with Gasteiger partial charge < -0.3 is 19.7 Å². The minimum atomic E-state index is -1.24. The quantitative estimate of drug-likeness (QED) is 0.828. The average molecular weight is 326 g/mol. The van der Waals surface area contributed by atoms with Crippen LogP contribution in [0.4, 0.5) is 0 Å². The van der Waals surface area contributed by atoms with Crippen LogP contribution in [0, 0.1) is 0 Å². The highest BCUT2D eigenvalue weighted by atomic mass is 79.9. The second-order valence-corrected chi connectivity index (χ2v) is 5.06. The molecule has 0 aliphatic carbocycles. The van der Waals surface area contributed by atoms with E-state index in [1.54, 1.807) is 12.1 Å². The predicted molar refractivity (Wildman–Crippen MR) is 75.7 cm³/mol. The maximum Gasteiger partial charge on any atom is 0.126 e. The Morgan fingerprint density at radius 2 is 1.79 bits per heavy atom. The number of allylic oxidation sites excluding steroid dienone is 1. The van der Waals surface area contributed by atoms with Gasteiger partial charge in [-0.3, -0.25) is 0 Å². The summed E-state index contributed by atoms with van der Waals surface area (Å²) in [5.74, 6) is 0. The third-order valence-electron chi connectivity index (χ3n) is 3.19. The van der Waals surface area contributed by atoms with Crippen LogP contribution in [0.25, 0.3) is 0 Å². The van der Waals surface area contributed by atoms with Crippen molar-refractivity contribution in [3.05, 3.63) is 59.6 Å². The lowest BCUT2D eigenvalue weighted by Crippen LogP contribution is -2.29. The summed E-state index contributed by atoms with van der Waals surface area (Å²) >= 11 is 3.36. The Kier molecular flexibility index (Phi) is 4.17. The number of alkyl halides is 1. The Hall–Kier alpha value is -1.46. The zero-order valence-corrected chi connectivity index (χ0v) is 12.2. The Bertz CT molecular complexity index is 509. The molecule has 2 aromatic heterocycles. The van der Waals surface area contributed by atoms with Gasteiger partial charge in [0, 0.05) is 28.6 Å². The van der Waals surface area contributed by atoms with Crippen LogP contribution in [0.2, 0.25) is 0 Å². The number of hydrogen-bond donors (Lipinski definition) is 2. The Balaban J connectivity index is 2.42. The van der Waals surface area contributed by atoms with Crippen LogP contribution in [0.3, 0.4) is 0 Å². The van der Waals surface area contributed by atoms with E-state index >= 15 is 0 Å². The van der Waals surface area contributed by atoms with Gasteiger partial charge in [-0.1, -0.05) is 15.9 Å². The first-order chi connectivity index (χ1) is 9.08. The maximum absolute atomic E-state index is 11.0. The standard InChI is InChI=1S/C14H16BrNO3/c1-10(7-15)13(16)6-14(17,11-2-4-18-8-11)12-3-5-19-9-12/h2-5,8-9,17H,6-7,16H2,1H3. The molecule has 0 aliphatic heterocycles. The molecule has 19 heavy (non-hydrogen) atoms. The summed E-state index contributed by atoms with van der Waals surface area (Å²) in [6.45, 7) is 1.93. The zero-order valence-electron chi connectivity index (χ0n) is 10.6. The van der Waals surface area contributed by atoms with Gasteiger partial charge in [-0.05, 0) is 24.6 Å². The first-order valence-electron chi connectivity index (χ1n) is 5.85. The lowest BCUT2D eigenvalue weighted by atomic mass is 9.85. The summed E-state index contributed by atoms with van der Waals surface area (Å²) in [7, 11) is 0. The van der Waals surface area contributed by atoms with Gasteiger partial charge >= 0.3 is 0 Å². The molecule has 102 valence electrons. The molecule has 0 spiro atoms. The van der Waals surface area contributed by atoms with Crippen molar-refractivity contribution in [1.82, 2.24) is 0 Å². The van der Waals surface area contributed by atoms with Crippen LogP contribution in [-0.2, 0) is 5.60 Å². The predicted octanol–water partition coefficient (Wildman–Crippen LogP) is 3.13. The molecule has 3 N–H and O–H groups in total. The SMILES string of the molecule is CC(CBr)=C(N)CC(O)(c1ccoc1)c1ccoc1. The van der Waals surface area contributed by atoms with Crippen molar-refractivity contribution in [2.24, 2.45) is 5.73 Å². The number of nitrogens with two attached hydrogens (primary N) is 1. The van der Waals surface area contributed by atoms with Gasteiger partial charge in [0.15, 0.2) is 0 Å². The molecule has 0 atom stereocenters. The minimum Gasteiger partial charge on any atom is -0.472 e. The van der Waals surface area contributed by atoms with Crippen molar-refractivity contribution in [3.8, 4) is 0 Å². The number of aliphatic hydroxyl groups is 1. The molecule has 0 radical (unpaired) electrons. The normalized spacial score (nSPS) is 13.4. The number of furan rings is 2. The molecule has 0 fully saturated rings. The molecule has 0 saturated heterocycles. The molecular formula is C14H16BrNO3.